The van der Waals surface area contributed by atoms with Crippen molar-refractivity contribution in [2.24, 2.45) is 5.41 Å². The van der Waals surface area contributed by atoms with Gasteiger partial charge in [-0.3, -0.25) is 9.59 Å². The fraction of sp³-hybridized carbons (Fsp3) is 0.407. The van der Waals surface area contributed by atoms with Gasteiger partial charge >= 0.3 is 5.97 Å². The number of carbonyl (C=O) groups is 2. The molecule has 33 heavy (non-hydrogen) atoms. The maximum Gasteiger partial charge on any atom is 0.312 e. The Hall–Kier alpha value is -3.28. The number of rotatable bonds is 9. The smallest absolute Gasteiger partial charge is 0.312 e. The Morgan fingerprint density at radius 1 is 1.00 bits per heavy atom. The molecule has 6 heteroatoms. The zero-order valence-corrected chi connectivity index (χ0v) is 19.7. The first kappa shape index (κ1) is 24.4. The molecule has 0 aromatic heterocycles. The molecule has 2 aromatic rings. The molecule has 0 saturated carbocycles. The van der Waals surface area contributed by atoms with Crippen molar-refractivity contribution < 1.29 is 23.8 Å². The van der Waals surface area contributed by atoms with Crippen molar-refractivity contribution in [3.8, 4) is 11.5 Å². The highest BCUT2D eigenvalue weighted by Gasteiger charge is 2.42. The Morgan fingerprint density at radius 3 is 2.33 bits per heavy atom. The van der Waals surface area contributed by atoms with Gasteiger partial charge in [-0.05, 0) is 61.9 Å². The molecule has 3 rings (SSSR count). The molecule has 0 aliphatic carbocycles. The summed E-state index contributed by atoms with van der Waals surface area (Å²) >= 11 is 0. The Balaban J connectivity index is 1.64. The van der Waals surface area contributed by atoms with E-state index >= 15 is 0 Å². The number of likely N-dealkylation sites (tertiary alicyclic amines) is 1. The van der Waals surface area contributed by atoms with Crippen molar-refractivity contribution in [1.29, 1.82) is 0 Å². The second-order valence-electron chi connectivity index (χ2n) is 8.26. The number of piperidine rings is 1. The normalized spacial score (nSPS) is 15.3. The molecule has 6 nitrogen and oxygen atoms in total. The number of nitrogens with zero attached hydrogens (tertiary/aromatic N) is 1. The zero-order valence-electron chi connectivity index (χ0n) is 19.7. The Kier molecular flexibility index (Phi) is 8.52. The van der Waals surface area contributed by atoms with Crippen LogP contribution in [0.2, 0.25) is 0 Å². The Labute approximate surface area is 196 Å². The molecule has 1 saturated heterocycles. The first-order valence-corrected chi connectivity index (χ1v) is 11.4. The summed E-state index contributed by atoms with van der Waals surface area (Å²) in [5.41, 5.74) is 1.51. The summed E-state index contributed by atoms with van der Waals surface area (Å²) in [4.78, 5) is 27.5. The van der Waals surface area contributed by atoms with Crippen LogP contribution in [0.4, 0.5) is 0 Å². The van der Waals surface area contributed by atoms with Crippen molar-refractivity contribution >= 4 is 18.0 Å². The molecule has 1 fully saturated rings. The minimum atomic E-state index is -0.546. The highest BCUT2D eigenvalue weighted by Crippen LogP contribution is 2.38. The van der Waals surface area contributed by atoms with E-state index < -0.39 is 5.41 Å². The van der Waals surface area contributed by atoms with E-state index in [9.17, 15) is 9.59 Å². The van der Waals surface area contributed by atoms with Crippen molar-refractivity contribution in [2.75, 3.05) is 33.9 Å². The van der Waals surface area contributed by atoms with Crippen molar-refractivity contribution in [3.63, 3.8) is 0 Å². The average molecular weight is 452 g/mol. The quantitative estimate of drug-likeness (QED) is 0.414. The van der Waals surface area contributed by atoms with Crippen LogP contribution in [0.3, 0.4) is 0 Å². The van der Waals surface area contributed by atoms with Gasteiger partial charge in [0, 0.05) is 19.2 Å². The number of hydrogen-bond acceptors (Lipinski definition) is 5. The van der Waals surface area contributed by atoms with Crippen LogP contribution < -0.4 is 9.47 Å². The van der Waals surface area contributed by atoms with Crippen molar-refractivity contribution in [1.82, 2.24) is 4.90 Å². The van der Waals surface area contributed by atoms with E-state index in [1.165, 1.54) is 5.56 Å². The summed E-state index contributed by atoms with van der Waals surface area (Å²) in [5.74, 6) is 1.05. The van der Waals surface area contributed by atoms with Gasteiger partial charge in [-0.25, -0.2) is 0 Å². The molecular formula is C27H33NO5. The van der Waals surface area contributed by atoms with Crippen LogP contribution in [-0.4, -0.2) is 50.7 Å². The highest BCUT2D eigenvalue weighted by atomic mass is 16.5. The van der Waals surface area contributed by atoms with Crippen LogP contribution in [0.5, 0.6) is 11.5 Å². The predicted octanol–water partition coefficient (Wildman–Crippen LogP) is 4.52. The molecule has 1 aliphatic rings. The number of benzene rings is 2. The number of hydrogen-bond donors (Lipinski definition) is 0. The van der Waals surface area contributed by atoms with Gasteiger partial charge in [-0.1, -0.05) is 36.4 Å². The number of esters is 1. The molecule has 1 aliphatic heterocycles. The number of methoxy groups -OCH3 is 2. The maximum absolute atomic E-state index is 12.9. The van der Waals surface area contributed by atoms with Crippen LogP contribution in [0.15, 0.2) is 54.6 Å². The van der Waals surface area contributed by atoms with Gasteiger partial charge in [0.1, 0.15) is 0 Å². The van der Waals surface area contributed by atoms with E-state index in [1.54, 1.807) is 31.3 Å². The van der Waals surface area contributed by atoms with Crippen LogP contribution in [-0.2, 0) is 20.7 Å². The SMILES string of the molecule is CCOC(=O)C1(CCc2ccccc2)CCN(C(=O)C=Cc2ccc(OC)c(OC)c2)CC1. The minimum absolute atomic E-state index is 0.0645. The second kappa shape index (κ2) is 11.5. The third-order valence-corrected chi connectivity index (χ3v) is 6.30. The van der Waals surface area contributed by atoms with Gasteiger partial charge in [-0.15, -0.1) is 0 Å². The standard InChI is InChI=1S/C27H33NO5/c1-4-33-26(30)27(15-14-21-8-6-5-7-9-21)16-18-28(19-17-27)25(29)13-11-22-10-12-23(31-2)24(20-22)32-3/h5-13,20H,4,14-19H2,1-3H3. The summed E-state index contributed by atoms with van der Waals surface area (Å²) in [6.07, 6.45) is 6.09. The summed E-state index contributed by atoms with van der Waals surface area (Å²) in [6, 6.07) is 15.7. The van der Waals surface area contributed by atoms with Gasteiger partial charge < -0.3 is 19.1 Å². The lowest BCUT2D eigenvalue weighted by Gasteiger charge is -2.39. The van der Waals surface area contributed by atoms with Gasteiger partial charge in [0.15, 0.2) is 11.5 Å². The minimum Gasteiger partial charge on any atom is -0.493 e. The number of aryl methyl sites for hydroxylation is 1. The molecule has 0 unspecified atom stereocenters. The maximum atomic E-state index is 12.9. The van der Waals surface area contributed by atoms with Crippen LogP contribution in [0, 0.1) is 5.41 Å². The molecule has 0 bridgehead atoms. The highest BCUT2D eigenvalue weighted by molar-refractivity contribution is 5.92. The molecule has 176 valence electrons. The largest absolute Gasteiger partial charge is 0.493 e. The number of amides is 1. The summed E-state index contributed by atoms with van der Waals surface area (Å²) < 4.78 is 16.0. The van der Waals surface area contributed by atoms with E-state index in [0.29, 0.717) is 44.0 Å². The van der Waals surface area contributed by atoms with Gasteiger partial charge in [0.25, 0.3) is 0 Å². The van der Waals surface area contributed by atoms with Gasteiger partial charge in [-0.2, -0.15) is 0 Å². The molecule has 1 heterocycles. The molecule has 0 radical (unpaired) electrons. The zero-order chi connectivity index (χ0) is 23.7. The molecule has 2 aromatic carbocycles. The van der Waals surface area contributed by atoms with E-state index in [0.717, 1.165) is 18.4 Å². The summed E-state index contributed by atoms with van der Waals surface area (Å²) in [6.45, 7) is 3.26. The van der Waals surface area contributed by atoms with Crippen molar-refractivity contribution in [2.45, 2.75) is 32.6 Å². The van der Waals surface area contributed by atoms with E-state index in [4.69, 9.17) is 14.2 Å². The Bertz CT molecular complexity index is 962. The first-order chi connectivity index (χ1) is 16.0. The topological polar surface area (TPSA) is 65.1 Å². The van der Waals surface area contributed by atoms with Gasteiger partial charge in [0.2, 0.25) is 5.91 Å². The number of carbonyl (C=O) groups excluding carboxylic acids is 2. The third-order valence-electron chi connectivity index (χ3n) is 6.30. The van der Waals surface area contributed by atoms with Crippen LogP contribution in [0.1, 0.15) is 37.3 Å². The first-order valence-electron chi connectivity index (χ1n) is 11.4. The fourth-order valence-electron chi connectivity index (χ4n) is 4.25. The monoisotopic (exact) mass is 451 g/mol. The number of ether oxygens (including phenoxy) is 3. The van der Waals surface area contributed by atoms with E-state index in [2.05, 4.69) is 12.1 Å². The third kappa shape index (κ3) is 6.15. The molecule has 0 spiro atoms. The lowest BCUT2D eigenvalue weighted by molar-refractivity contribution is -0.160. The van der Waals surface area contributed by atoms with E-state index in [1.807, 2.05) is 43.3 Å². The van der Waals surface area contributed by atoms with Crippen LogP contribution >= 0.6 is 0 Å². The molecule has 0 atom stereocenters. The molecule has 0 N–H and O–H groups in total. The Morgan fingerprint density at radius 2 is 1.70 bits per heavy atom. The lowest BCUT2D eigenvalue weighted by atomic mass is 9.74. The summed E-state index contributed by atoms with van der Waals surface area (Å²) in [5, 5.41) is 0. The van der Waals surface area contributed by atoms with Crippen LogP contribution in [0.25, 0.3) is 6.08 Å². The molecular weight excluding hydrogens is 418 g/mol. The molecule has 1 amide bonds. The second-order valence-corrected chi connectivity index (χ2v) is 8.26. The van der Waals surface area contributed by atoms with Gasteiger partial charge in [0.05, 0.1) is 26.2 Å². The average Bonchev–Trinajstić information content (AvgIpc) is 2.86. The summed E-state index contributed by atoms with van der Waals surface area (Å²) in [7, 11) is 3.17. The fourth-order valence-corrected chi connectivity index (χ4v) is 4.25. The lowest BCUT2D eigenvalue weighted by Crippen LogP contribution is -2.47. The predicted molar refractivity (Wildman–Crippen MR) is 128 cm³/mol. The van der Waals surface area contributed by atoms with E-state index in [-0.39, 0.29) is 11.9 Å². The van der Waals surface area contributed by atoms with Crippen molar-refractivity contribution in [3.05, 3.63) is 65.7 Å².